The molecule has 1 heterocycles. The predicted octanol–water partition coefficient (Wildman–Crippen LogP) is 1.19. The average Bonchev–Trinajstić information content (AvgIpc) is 2.35. The third-order valence-corrected chi connectivity index (χ3v) is 2.73. The zero-order valence-corrected chi connectivity index (χ0v) is 11.9. The second kappa shape index (κ2) is 7.35. The molecule has 0 atom stereocenters. The molecule has 102 valence electrons. The quantitative estimate of drug-likeness (QED) is 0.574. The number of anilines is 2. The van der Waals surface area contributed by atoms with E-state index in [4.69, 9.17) is 17.4 Å². The lowest BCUT2D eigenvalue weighted by Gasteiger charge is -2.25. The highest BCUT2D eigenvalue weighted by Gasteiger charge is 2.13. The van der Waals surface area contributed by atoms with Crippen molar-refractivity contribution < 1.29 is 0 Å². The highest BCUT2D eigenvalue weighted by atomic mass is 35.5. The summed E-state index contributed by atoms with van der Waals surface area (Å²) in [4.78, 5) is 12.6. The van der Waals surface area contributed by atoms with Gasteiger partial charge in [-0.3, -0.25) is 5.43 Å². The number of likely N-dealkylation sites (N-methyl/N-ethyl adjacent to an activating group) is 1. The van der Waals surface area contributed by atoms with Gasteiger partial charge in [-0.2, -0.15) is 4.98 Å². The summed E-state index contributed by atoms with van der Waals surface area (Å²) in [6, 6.07) is 0. The summed E-state index contributed by atoms with van der Waals surface area (Å²) >= 11 is 6.15. The van der Waals surface area contributed by atoms with E-state index in [1.807, 2.05) is 14.1 Å². The van der Waals surface area contributed by atoms with E-state index in [0.29, 0.717) is 11.0 Å². The van der Waals surface area contributed by atoms with Crippen LogP contribution >= 0.6 is 11.6 Å². The number of hydrogen-bond donors (Lipinski definition) is 2. The Hall–Kier alpha value is -1.11. The SMILES string of the molecule is CCCN(CCN(C)C)c1nc(NN)ncc1Cl. The molecular weight excluding hydrogens is 252 g/mol. The Bertz CT molecular complexity index is 371. The third kappa shape index (κ3) is 4.29. The number of aromatic nitrogens is 2. The maximum absolute atomic E-state index is 6.15. The van der Waals surface area contributed by atoms with E-state index in [1.165, 1.54) is 0 Å². The van der Waals surface area contributed by atoms with Crippen molar-refractivity contribution in [2.45, 2.75) is 13.3 Å². The number of hydrazine groups is 1. The highest BCUT2D eigenvalue weighted by molar-refractivity contribution is 6.32. The first-order valence-corrected chi connectivity index (χ1v) is 6.35. The van der Waals surface area contributed by atoms with Crippen molar-refractivity contribution in [2.24, 2.45) is 5.84 Å². The topological polar surface area (TPSA) is 70.3 Å². The summed E-state index contributed by atoms with van der Waals surface area (Å²) in [6.07, 6.45) is 2.59. The van der Waals surface area contributed by atoms with Gasteiger partial charge in [-0.05, 0) is 20.5 Å². The molecule has 0 amide bonds. The van der Waals surface area contributed by atoms with E-state index < -0.39 is 0 Å². The van der Waals surface area contributed by atoms with Crippen molar-refractivity contribution in [2.75, 3.05) is 44.1 Å². The molecule has 0 saturated heterocycles. The zero-order valence-electron chi connectivity index (χ0n) is 11.1. The summed E-state index contributed by atoms with van der Waals surface area (Å²) in [5.41, 5.74) is 2.44. The van der Waals surface area contributed by atoms with Gasteiger partial charge in [0.25, 0.3) is 0 Å². The normalized spacial score (nSPS) is 10.8. The Labute approximate surface area is 113 Å². The molecule has 0 aliphatic heterocycles. The summed E-state index contributed by atoms with van der Waals surface area (Å²) < 4.78 is 0. The molecule has 7 heteroatoms. The Morgan fingerprint density at radius 2 is 2.06 bits per heavy atom. The van der Waals surface area contributed by atoms with Crippen LogP contribution in [0, 0.1) is 0 Å². The number of halogens is 1. The minimum Gasteiger partial charge on any atom is -0.354 e. The molecule has 1 aromatic rings. The van der Waals surface area contributed by atoms with Gasteiger partial charge >= 0.3 is 0 Å². The van der Waals surface area contributed by atoms with E-state index >= 15 is 0 Å². The zero-order chi connectivity index (χ0) is 13.5. The Morgan fingerprint density at radius 1 is 1.33 bits per heavy atom. The minimum absolute atomic E-state index is 0.375. The van der Waals surface area contributed by atoms with E-state index in [0.717, 1.165) is 31.9 Å². The van der Waals surface area contributed by atoms with E-state index in [1.54, 1.807) is 6.20 Å². The first-order valence-electron chi connectivity index (χ1n) is 5.97. The monoisotopic (exact) mass is 272 g/mol. The van der Waals surface area contributed by atoms with Crippen LogP contribution in [0.15, 0.2) is 6.20 Å². The van der Waals surface area contributed by atoms with Gasteiger partial charge < -0.3 is 9.80 Å². The van der Waals surface area contributed by atoms with Gasteiger partial charge in [0.2, 0.25) is 5.95 Å². The van der Waals surface area contributed by atoms with Crippen LogP contribution in [-0.4, -0.2) is 48.6 Å². The Kier molecular flexibility index (Phi) is 6.11. The number of nitrogens with zero attached hydrogens (tertiary/aromatic N) is 4. The van der Waals surface area contributed by atoms with E-state index in [9.17, 15) is 0 Å². The molecule has 0 aromatic carbocycles. The standard InChI is InChI=1S/C11H21ClN6/c1-4-5-18(7-6-17(2)3)10-9(12)8-14-11(15-10)16-13/h8H,4-7,13H2,1-3H3,(H,14,15,16). The molecule has 0 aliphatic rings. The molecule has 1 rings (SSSR count). The van der Waals surface area contributed by atoms with Gasteiger partial charge in [0, 0.05) is 19.6 Å². The summed E-state index contributed by atoms with van der Waals surface area (Å²) in [5.74, 6) is 6.42. The first kappa shape index (κ1) is 14.9. The minimum atomic E-state index is 0.375. The van der Waals surface area contributed by atoms with Crippen LogP contribution in [0.2, 0.25) is 5.02 Å². The van der Waals surface area contributed by atoms with Gasteiger partial charge in [0.1, 0.15) is 5.02 Å². The van der Waals surface area contributed by atoms with Crippen LogP contribution in [0.4, 0.5) is 11.8 Å². The number of hydrogen-bond acceptors (Lipinski definition) is 6. The van der Waals surface area contributed by atoms with Crippen molar-refractivity contribution in [1.29, 1.82) is 0 Å². The van der Waals surface area contributed by atoms with Gasteiger partial charge in [0.05, 0.1) is 6.20 Å². The first-order chi connectivity index (χ1) is 8.58. The van der Waals surface area contributed by atoms with Gasteiger partial charge in [-0.25, -0.2) is 10.8 Å². The Balaban J connectivity index is 2.89. The molecule has 0 fully saturated rings. The molecule has 3 N–H and O–H groups in total. The summed E-state index contributed by atoms with van der Waals surface area (Å²) in [6.45, 7) is 4.82. The fourth-order valence-corrected chi connectivity index (χ4v) is 1.77. The predicted molar refractivity (Wildman–Crippen MR) is 75.9 cm³/mol. The molecule has 0 bridgehead atoms. The molecule has 0 saturated carbocycles. The molecule has 6 nitrogen and oxygen atoms in total. The van der Waals surface area contributed by atoms with Gasteiger partial charge in [0.15, 0.2) is 5.82 Å². The summed E-state index contributed by atoms with van der Waals surface area (Å²) in [5, 5.41) is 0.543. The smallest absolute Gasteiger partial charge is 0.239 e. The van der Waals surface area contributed by atoms with Crippen LogP contribution in [0.3, 0.4) is 0 Å². The van der Waals surface area contributed by atoms with Crippen molar-refractivity contribution in [3.63, 3.8) is 0 Å². The average molecular weight is 273 g/mol. The van der Waals surface area contributed by atoms with Crippen LogP contribution in [0.1, 0.15) is 13.3 Å². The number of rotatable bonds is 7. The Morgan fingerprint density at radius 3 is 2.61 bits per heavy atom. The van der Waals surface area contributed by atoms with E-state index in [2.05, 4.69) is 32.1 Å². The number of nitrogen functional groups attached to an aromatic ring is 1. The van der Waals surface area contributed by atoms with Crippen molar-refractivity contribution in [3.8, 4) is 0 Å². The van der Waals surface area contributed by atoms with Crippen LogP contribution in [0.25, 0.3) is 0 Å². The third-order valence-electron chi connectivity index (χ3n) is 2.46. The fraction of sp³-hybridized carbons (Fsp3) is 0.636. The highest BCUT2D eigenvalue weighted by Crippen LogP contribution is 2.23. The molecular formula is C11H21ClN6. The maximum atomic E-state index is 6.15. The lowest BCUT2D eigenvalue weighted by molar-refractivity contribution is 0.412. The largest absolute Gasteiger partial charge is 0.354 e. The second-order valence-corrected chi connectivity index (χ2v) is 4.71. The maximum Gasteiger partial charge on any atom is 0.239 e. The van der Waals surface area contributed by atoms with Crippen molar-refractivity contribution in [1.82, 2.24) is 14.9 Å². The number of nitrogens with two attached hydrogens (primary N) is 1. The number of nitrogens with one attached hydrogen (secondary N) is 1. The van der Waals surface area contributed by atoms with Crippen molar-refractivity contribution >= 4 is 23.4 Å². The van der Waals surface area contributed by atoms with Crippen molar-refractivity contribution in [3.05, 3.63) is 11.2 Å². The molecule has 18 heavy (non-hydrogen) atoms. The van der Waals surface area contributed by atoms with Crippen LogP contribution in [0.5, 0.6) is 0 Å². The second-order valence-electron chi connectivity index (χ2n) is 4.30. The molecule has 1 aromatic heterocycles. The van der Waals surface area contributed by atoms with Crippen LogP contribution in [-0.2, 0) is 0 Å². The lowest BCUT2D eigenvalue weighted by Crippen LogP contribution is -2.33. The van der Waals surface area contributed by atoms with Gasteiger partial charge in [-0.15, -0.1) is 0 Å². The van der Waals surface area contributed by atoms with E-state index in [-0.39, 0.29) is 0 Å². The lowest BCUT2D eigenvalue weighted by atomic mass is 10.3. The molecule has 0 spiro atoms. The molecule has 0 unspecified atom stereocenters. The molecule has 0 aliphatic carbocycles. The fourth-order valence-electron chi connectivity index (χ4n) is 1.56. The molecule has 0 radical (unpaired) electrons. The van der Waals surface area contributed by atoms with Gasteiger partial charge in [-0.1, -0.05) is 18.5 Å². The van der Waals surface area contributed by atoms with Crippen LogP contribution < -0.4 is 16.2 Å². The summed E-state index contributed by atoms with van der Waals surface area (Å²) in [7, 11) is 4.08.